The molecule has 1 unspecified atom stereocenters. The van der Waals surface area contributed by atoms with Crippen LogP contribution in [0.1, 0.15) is 48.5 Å². The van der Waals surface area contributed by atoms with Crippen LogP contribution in [-0.2, 0) is 22.4 Å². The summed E-state index contributed by atoms with van der Waals surface area (Å²) in [7, 11) is 0. The van der Waals surface area contributed by atoms with Crippen molar-refractivity contribution in [3.8, 4) is 5.88 Å². The smallest absolute Gasteiger partial charge is 0.288 e. The number of carbonyl (C=O) groups excluding carboxylic acids is 2. The SMILES string of the molecule is O=C(N[C@H](CN1CCCC1)[C@H](O)c1ccc(OC2CC2)nc1)C(=O)C1Cc2ccc(Cl)cc2C1. The van der Waals surface area contributed by atoms with Gasteiger partial charge in [-0.05, 0) is 80.9 Å². The van der Waals surface area contributed by atoms with E-state index in [-0.39, 0.29) is 6.10 Å². The minimum atomic E-state index is -0.987. The number of halogens is 1. The Morgan fingerprint density at radius 3 is 2.62 bits per heavy atom. The van der Waals surface area contributed by atoms with E-state index in [0.29, 0.717) is 35.9 Å². The first-order chi connectivity index (χ1) is 16.5. The summed E-state index contributed by atoms with van der Waals surface area (Å²) in [5, 5.41) is 14.6. The van der Waals surface area contributed by atoms with Crippen LogP contribution in [0.3, 0.4) is 0 Å². The molecule has 0 bridgehead atoms. The minimum Gasteiger partial charge on any atom is -0.474 e. The number of likely N-dealkylation sites (tertiary alicyclic amines) is 1. The van der Waals surface area contributed by atoms with Gasteiger partial charge in [0.2, 0.25) is 11.7 Å². The van der Waals surface area contributed by atoms with Crippen LogP contribution in [-0.4, -0.2) is 58.5 Å². The number of Topliss-reactive ketones (excluding diaryl/α,β-unsaturated/α-hetero) is 1. The number of amides is 1. The summed E-state index contributed by atoms with van der Waals surface area (Å²) in [5.41, 5.74) is 2.67. The van der Waals surface area contributed by atoms with Crippen molar-refractivity contribution >= 4 is 23.3 Å². The third-order valence-corrected chi connectivity index (χ3v) is 7.19. The molecule has 3 atom stereocenters. The molecule has 0 radical (unpaired) electrons. The third-order valence-electron chi connectivity index (χ3n) is 6.96. The van der Waals surface area contributed by atoms with Gasteiger partial charge in [0.1, 0.15) is 12.2 Å². The summed E-state index contributed by atoms with van der Waals surface area (Å²) in [5.74, 6) is -0.959. The number of benzene rings is 1. The van der Waals surface area contributed by atoms with Gasteiger partial charge in [0.25, 0.3) is 5.91 Å². The summed E-state index contributed by atoms with van der Waals surface area (Å²) in [6.07, 6.45) is 6.16. The molecule has 1 saturated heterocycles. The molecule has 34 heavy (non-hydrogen) atoms. The standard InChI is InChI=1S/C26H30ClN3O4/c27-20-5-3-16-11-19(12-18(16)13-20)25(32)26(33)29-22(15-30-9-1-2-10-30)24(31)17-4-8-23(28-14-17)34-21-6-7-21/h3-5,8,13-14,19,21-22,24,31H,1-2,6-7,9-12,15H2,(H,29,33)/t19?,22-,24-/m1/s1. The number of pyridine rings is 1. The number of hydrogen-bond acceptors (Lipinski definition) is 6. The Labute approximate surface area is 204 Å². The van der Waals surface area contributed by atoms with Crippen molar-refractivity contribution in [1.82, 2.24) is 15.2 Å². The first-order valence-corrected chi connectivity index (χ1v) is 12.5. The lowest BCUT2D eigenvalue weighted by Gasteiger charge is -2.28. The van der Waals surface area contributed by atoms with Gasteiger partial charge in [0.05, 0.1) is 6.04 Å². The number of ether oxygens (including phenoxy) is 1. The first kappa shape index (κ1) is 23.3. The van der Waals surface area contributed by atoms with Gasteiger partial charge in [0, 0.05) is 35.3 Å². The van der Waals surface area contributed by atoms with E-state index in [9.17, 15) is 14.7 Å². The normalized spacial score (nSPS) is 21.6. The Balaban J connectivity index is 1.26. The van der Waals surface area contributed by atoms with Gasteiger partial charge in [-0.1, -0.05) is 17.7 Å². The highest BCUT2D eigenvalue weighted by Gasteiger charge is 2.34. The average molecular weight is 484 g/mol. The number of fused-ring (bicyclic) bond motifs is 1. The molecule has 7 nitrogen and oxygen atoms in total. The quantitative estimate of drug-likeness (QED) is 0.533. The highest BCUT2D eigenvalue weighted by Crippen LogP contribution is 2.30. The maximum absolute atomic E-state index is 13.0. The molecule has 1 aromatic carbocycles. The van der Waals surface area contributed by atoms with Crippen molar-refractivity contribution in [2.45, 2.75) is 56.8 Å². The first-order valence-electron chi connectivity index (χ1n) is 12.1. The Morgan fingerprint density at radius 2 is 1.91 bits per heavy atom. The number of carbonyl (C=O) groups is 2. The van der Waals surface area contributed by atoms with Crippen LogP contribution in [0.5, 0.6) is 5.88 Å². The van der Waals surface area contributed by atoms with Gasteiger partial charge in [-0.25, -0.2) is 4.98 Å². The molecule has 1 amide bonds. The molecule has 180 valence electrons. The van der Waals surface area contributed by atoms with Crippen LogP contribution in [0, 0.1) is 5.92 Å². The van der Waals surface area contributed by atoms with E-state index in [4.69, 9.17) is 16.3 Å². The Morgan fingerprint density at radius 1 is 1.15 bits per heavy atom. The van der Waals surface area contributed by atoms with Crippen LogP contribution in [0.25, 0.3) is 0 Å². The van der Waals surface area contributed by atoms with Gasteiger partial charge < -0.3 is 20.1 Å². The van der Waals surface area contributed by atoms with Crippen LogP contribution in [0.2, 0.25) is 5.02 Å². The predicted molar refractivity (Wildman–Crippen MR) is 128 cm³/mol. The molecule has 1 aromatic heterocycles. The van der Waals surface area contributed by atoms with Gasteiger partial charge in [-0.3, -0.25) is 9.59 Å². The zero-order chi connectivity index (χ0) is 23.7. The van der Waals surface area contributed by atoms with Crippen molar-refractivity contribution < 1.29 is 19.4 Å². The number of aliphatic hydroxyl groups is 1. The Hall–Kier alpha value is -2.48. The maximum atomic E-state index is 13.0. The Kier molecular flexibility index (Phi) is 6.86. The second-order valence-electron chi connectivity index (χ2n) is 9.66. The second kappa shape index (κ2) is 10.0. The number of rotatable bonds is 9. The van der Waals surface area contributed by atoms with Crippen molar-refractivity contribution in [2.75, 3.05) is 19.6 Å². The monoisotopic (exact) mass is 483 g/mol. The average Bonchev–Trinajstić information content (AvgIpc) is 3.31. The summed E-state index contributed by atoms with van der Waals surface area (Å²) < 4.78 is 5.69. The fourth-order valence-corrected chi connectivity index (χ4v) is 5.08. The lowest BCUT2D eigenvalue weighted by molar-refractivity contribution is -0.141. The lowest BCUT2D eigenvalue weighted by atomic mass is 9.98. The van der Waals surface area contributed by atoms with Crippen LogP contribution in [0.4, 0.5) is 0 Å². The fraction of sp³-hybridized carbons (Fsp3) is 0.500. The number of hydrogen-bond donors (Lipinski definition) is 2. The lowest BCUT2D eigenvalue weighted by Crippen LogP contribution is -2.49. The zero-order valence-electron chi connectivity index (χ0n) is 19.1. The second-order valence-corrected chi connectivity index (χ2v) is 10.1. The molecule has 5 rings (SSSR count). The van der Waals surface area contributed by atoms with Crippen molar-refractivity contribution in [3.05, 3.63) is 58.2 Å². The molecule has 2 N–H and O–H groups in total. The minimum absolute atomic E-state index is 0.245. The van der Waals surface area contributed by atoms with Gasteiger partial charge in [0.15, 0.2) is 0 Å². The van der Waals surface area contributed by atoms with Crippen molar-refractivity contribution in [3.63, 3.8) is 0 Å². The van der Waals surface area contributed by atoms with E-state index >= 15 is 0 Å². The highest BCUT2D eigenvalue weighted by molar-refractivity contribution is 6.37. The number of aliphatic hydroxyl groups excluding tert-OH is 1. The summed E-state index contributed by atoms with van der Waals surface area (Å²) >= 11 is 6.08. The van der Waals surface area contributed by atoms with Gasteiger partial charge in [-0.15, -0.1) is 0 Å². The number of ketones is 1. The molecule has 3 aliphatic rings. The number of nitrogens with one attached hydrogen (secondary N) is 1. The molecule has 0 spiro atoms. The molecular weight excluding hydrogens is 454 g/mol. The van der Waals surface area contributed by atoms with E-state index < -0.39 is 29.8 Å². The molecular formula is C26H30ClN3O4. The topological polar surface area (TPSA) is 91.8 Å². The van der Waals surface area contributed by atoms with E-state index in [1.54, 1.807) is 18.3 Å². The zero-order valence-corrected chi connectivity index (χ0v) is 19.8. The number of aromatic nitrogens is 1. The number of nitrogens with zero attached hydrogens (tertiary/aromatic N) is 2. The van der Waals surface area contributed by atoms with E-state index in [2.05, 4.69) is 15.2 Å². The molecule has 2 aliphatic carbocycles. The molecule has 2 heterocycles. The van der Waals surface area contributed by atoms with E-state index in [1.807, 2.05) is 18.2 Å². The largest absolute Gasteiger partial charge is 0.474 e. The molecule has 8 heteroatoms. The summed E-state index contributed by atoms with van der Waals surface area (Å²) in [6, 6.07) is 8.50. The van der Waals surface area contributed by atoms with Crippen molar-refractivity contribution in [1.29, 1.82) is 0 Å². The summed E-state index contributed by atoms with van der Waals surface area (Å²) in [4.78, 5) is 32.5. The van der Waals surface area contributed by atoms with Gasteiger partial charge in [-0.2, -0.15) is 0 Å². The van der Waals surface area contributed by atoms with E-state index in [1.165, 1.54) is 0 Å². The maximum Gasteiger partial charge on any atom is 0.288 e. The molecule has 1 aliphatic heterocycles. The molecule has 2 fully saturated rings. The van der Waals surface area contributed by atoms with Crippen molar-refractivity contribution in [2.24, 2.45) is 5.92 Å². The third kappa shape index (κ3) is 5.43. The predicted octanol–water partition coefficient (Wildman–Crippen LogP) is 2.87. The van der Waals surface area contributed by atoms with Crippen LogP contribution < -0.4 is 10.1 Å². The van der Waals surface area contributed by atoms with E-state index in [0.717, 1.165) is 49.9 Å². The highest BCUT2D eigenvalue weighted by atomic mass is 35.5. The van der Waals surface area contributed by atoms with Gasteiger partial charge >= 0.3 is 0 Å². The fourth-order valence-electron chi connectivity index (χ4n) is 4.89. The van der Waals surface area contributed by atoms with Crippen LogP contribution >= 0.6 is 11.6 Å². The molecule has 1 saturated carbocycles. The molecule has 2 aromatic rings. The summed E-state index contributed by atoms with van der Waals surface area (Å²) in [6.45, 7) is 2.30. The van der Waals surface area contributed by atoms with Crippen LogP contribution in [0.15, 0.2) is 36.5 Å². The Bertz CT molecular complexity index is 1050.